The molecule has 0 fully saturated rings. The number of aryl methyl sites for hydroxylation is 2. The monoisotopic (exact) mass is 478 g/mol. The number of rotatable bonds is 8. The van der Waals surface area contributed by atoms with Gasteiger partial charge in [-0.05, 0) is 37.1 Å². The molecular formula is C23H22N6O2S2. The van der Waals surface area contributed by atoms with Gasteiger partial charge in [-0.2, -0.15) is 15.0 Å². The van der Waals surface area contributed by atoms with Gasteiger partial charge in [0.25, 0.3) is 0 Å². The van der Waals surface area contributed by atoms with Crippen LogP contribution in [-0.4, -0.2) is 25.9 Å². The van der Waals surface area contributed by atoms with Gasteiger partial charge in [-0.1, -0.05) is 48.2 Å². The number of nitrogens with one attached hydrogen (secondary N) is 1. The number of thiazole rings is 1. The minimum atomic E-state index is -0.450. The second-order valence-electron chi connectivity index (χ2n) is 7.15. The van der Waals surface area contributed by atoms with Crippen LogP contribution >= 0.6 is 23.1 Å². The highest BCUT2D eigenvalue weighted by Crippen LogP contribution is 2.27. The van der Waals surface area contributed by atoms with Crippen LogP contribution in [-0.2, 0) is 17.1 Å². The first-order valence-electron chi connectivity index (χ1n) is 10.1. The summed E-state index contributed by atoms with van der Waals surface area (Å²) >= 11 is 3.18. The molecule has 10 heteroatoms. The van der Waals surface area contributed by atoms with Crippen LogP contribution in [0.5, 0.6) is 0 Å². The topological polar surface area (TPSA) is 116 Å². The molecule has 0 unspecified atom stereocenters. The number of nitrogens with two attached hydrogens (primary N) is 1. The average molecular weight is 479 g/mol. The fraction of sp³-hybridized carbons (Fsp3) is 0.174. The van der Waals surface area contributed by atoms with E-state index < -0.39 is 5.97 Å². The second kappa shape index (κ2) is 10.4. The SMILES string of the molecule is Cc1csc(SCc2ccccc2C(=O)OCc2nc(N)nc(Nc3ccccc3C)n2)n1. The maximum atomic E-state index is 12.8. The Bertz CT molecular complexity index is 1280. The molecule has 3 N–H and O–H groups in total. The summed E-state index contributed by atoms with van der Waals surface area (Å²) in [6.45, 7) is 3.81. The molecule has 8 nitrogen and oxygen atoms in total. The van der Waals surface area contributed by atoms with Crippen molar-refractivity contribution in [2.75, 3.05) is 11.1 Å². The van der Waals surface area contributed by atoms with Gasteiger partial charge in [0.1, 0.15) is 4.34 Å². The molecule has 4 rings (SSSR count). The normalized spacial score (nSPS) is 10.7. The number of nitrogen functional groups attached to an aromatic ring is 1. The molecule has 33 heavy (non-hydrogen) atoms. The van der Waals surface area contributed by atoms with E-state index in [0.717, 1.165) is 26.8 Å². The summed E-state index contributed by atoms with van der Waals surface area (Å²) in [5.74, 6) is 0.758. The summed E-state index contributed by atoms with van der Waals surface area (Å²) in [6.07, 6.45) is 0. The van der Waals surface area contributed by atoms with E-state index in [9.17, 15) is 4.79 Å². The van der Waals surface area contributed by atoms with E-state index in [-0.39, 0.29) is 18.4 Å². The van der Waals surface area contributed by atoms with Gasteiger partial charge >= 0.3 is 5.97 Å². The van der Waals surface area contributed by atoms with Crippen molar-refractivity contribution in [1.29, 1.82) is 0 Å². The summed E-state index contributed by atoms with van der Waals surface area (Å²) in [5.41, 5.74) is 10.1. The first kappa shape index (κ1) is 22.7. The smallest absolute Gasteiger partial charge is 0.338 e. The van der Waals surface area contributed by atoms with Gasteiger partial charge in [-0.3, -0.25) is 0 Å². The van der Waals surface area contributed by atoms with Crippen LogP contribution in [0.25, 0.3) is 0 Å². The molecule has 2 aromatic heterocycles. The van der Waals surface area contributed by atoms with Gasteiger partial charge in [0, 0.05) is 22.5 Å². The first-order valence-corrected chi connectivity index (χ1v) is 12.0. The second-order valence-corrected chi connectivity index (χ2v) is 9.23. The number of thioether (sulfide) groups is 1. The molecule has 0 aliphatic heterocycles. The third kappa shape index (κ3) is 6.05. The van der Waals surface area contributed by atoms with Crippen molar-refractivity contribution >= 4 is 46.7 Å². The van der Waals surface area contributed by atoms with Crippen LogP contribution in [0.2, 0.25) is 0 Å². The molecular weight excluding hydrogens is 456 g/mol. The minimum Gasteiger partial charge on any atom is -0.454 e. The van der Waals surface area contributed by atoms with Gasteiger partial charge in [-0.25, -0.2) is 9.78 Å². The van der Waals surface area contributed by atoms with Crippen molar-refractivity contribution < 1.29 is 9.53 Å². The largest absolute Gasteiger partial charge is 0.454 e. The molecule has 0 aliphatic rings. The number of carbonyl (C=O) groups excluding carboxylic acids is 1. The Balaban J connectivity index is 1.43. The number of ether oxygens (including phenoxy) is 1. The molecule has 0 aliphatic carbocycles. The van der Waals surface area contributed by atoms with Crippen molar-refractivity contribution in [3.05, 3.63) is 82.1 Å². The maximum Gasteiger partial charge on any atom is 0.338 e. The average Bonchev–Trinajstić information content (AvgIpc) is 3.22. The Kier molecular flexibility index (Phi) is 7.16. The highest BCUT2D eigenvalue weighted by atomic mass is 32.2. The number of para-hydroxylation sites is 1. The van der Waals surface area contributed by atoms with E-state index in [1.54, 1.807) is 29.2 Å². The molecule has 2 aromatic carbocycles. The zero-order valence-corrected chi connectivity index (χ0v) is 19.7. The molecule has 0 amide bonds. The van der Waals surface area contributed by atoms with Gasteiger partial charge in [0.05, 0.1) is 5.56 Å². The first-order chi connectivity index (χ1) is 16.0. The molecule has 0 saturated heterocycles. The summed E-state index contributed by atoms with van der Waals surface area (Å²) in [7, 11) is 0. The van der Waals surface area contributed by atoms with Crippen molar-refractivity contribution in [3.63, 3.8) is 0 Å². The van der Waals surface area contributed by atoms with Gasteiger partial charge in [0.15, 0.2) is 12.4 Å². The predicted molar refractivity (Wildman–Crippen MR) is 131 cm³/mol. The highest BCUT2D eigenvalue weighted by molar-refractivity contribution is 8.00. The molecule has 0 atom stereocenters. The number of carbonyl (C=O) groups is 1. The number of hydrogen-bond acceptors (Lipinski definition) is 10. The van der Waals surface area contributed by atoms with Crippen molar-refractivity contribution in [1.82, 2.24) is 19.9 Å². The summed E-state index contributed by atoms with van der Waals surface area (Å²) in [6, 6.07) is 15.1. The summed E-state index contributed by atoms with van der Waals surface area (Å²) < 4.78 is 6.46. The van der Waals surface area contributed by atoms with Crippen LogP contribution in [0.15, 0.2) is 58.3 Å². The van der Waals surface area contributed by atoms with E-state index in [2.05, 4.69) is 25.3 Å². The van der Waals surface area contributed by atoms with E-state index in [0.29, 0.717) is 17.3 Å². The predicted octanol–water partition coefficient (Wildman–Crippen LogP) is 4.92. The summed E-state index contributed by atoms with van der Waals surface area (Å²) in [5, 5.41) is 5.13. The number of nitrogens with zero attached hydrogens (tertiary/aromatic N) is 4. The third-order valence-electron chi connectivity index (χ3n) is 4.61. The Morgan fingerprint density at radius 1 is 1.06 bits per heavy atom. The van der Waals surface area contributed by atoms with Crippen LogP contribution in [0, 0.1) is 13.8 Å². The lowest BCUT2D eigenvalue weighted by atomic mass is 10.1. The Labute approximate surface area is 199 Å². The number of benzene rings is 2. The van der Waals surface area contributed by atoms with Crippen molar-refractivity contribution in [2.24, 2.45) is 0 Å². The highest BCUT2D eigenvalue weighted by Gasteiger charge is 2.15. The summed E-state index contributed by atoms with van der Waals surface area (Å²) in [4.78, 5) is 29.8. The molecule has 2 heterocycles. The lowest BCUT2D eigenvalue weighted by Gasteiger charge is -2.11. The number of esters is 1. The van der Waals surface area contributed by atoms with Gasteiger partial charge in [-0.15, -0.1) is 11.3 Å². The molecule has 0 bridgehead atoms. The molecule has 0 radical (unpaired) electrons. The van der Waals surface area contributed by atoms with E-state index in [1.165, 1.54) is 0 Å². The zero-order valence-electron chi connectivity index (χ0n) is 18.1. The molecule has 4 aromatic rings. The molecule has 0 saturated carbocycles. The zero-order chi connectivity index (χ0) is 23.2. The van der Waals surface area contributed by atoms with Crippen LogP contribution in [0.4, 0.5) is 17.6 Å². The Morgan fingerprint density at radius 3 is 2.64 bits per heavy atom. The maximum absolute atomic E-state index is 12.8. The lowest BCUT2D eigenvalue weighted by Crippen LogP contribution is -2.12. The van der Waals surface area contributed by atoms with Crippen LogP contribution in [0.3, 0.4) is 0 Å². The number of hydrogen-bond donors (Lipinski definition) is 2. The Morgan fingerprint density at radius 2 is 1.85 bits per heavy atom. The standard InChI is InChI=1S/C23H22N6O2S2/c1-14-7-3-6-10-18(14)26-22-28-19(27-21(24)29-22)11-31-20(30)17-9-5-4-8-16(17)13-33-23-25-15(2)12-32-23/h3-10,12H,11,13H2,1-2H3,(H3,24,26,27,28,29). The Hall–Kier alpha value is -3.50. The minimum absolute atomic E-state index is 0.0441. The van der Waals surface area contributed by atoms with E-state index in [4.69, 9.17) is 10.5 Å². The quantitative estimate of drug-likeness (QED) is 0.269. The lowest BCUT2D eigenvalue weighted by molar-refractivity contribution is 0.0461. The fourth-order valence-electron chi connectivity index (χ4n) is 2.98. The van der Waals surface area contributed by atoms with Crippen LogP contribution in [0.1, 0.15) is 33.0 Å². The molecule has 0 spiro atoms. The van der Waals surface area contributed by atoms with E-state index in [1.807, 2.05) is 61.7 Å². The number of anilines is 3. The van der Waals surface area contributed by atoms with Crippen LogP contribution < -0.4 is 11.1 Å². The fourth-order valence-corrected chi connectivity index (χ4v) is 4.84. The molecule has 168 valence electrons. The van der Waals surface area contributed by atoms with Gasteiger partial charge < -0.3 is 15.8 Å². The van der Waals surface area contributed by atoms with Gasteiger partial charge in [0.2, 0.25) is 11.9 Å². The van der Waals surface area contributed by atoms with Crippen molar-refractivity contribution in [2.45, 2.75) is 30.5 Å². The number of aromatic nitrogens is 4. The third-order valence-corrected chi connectivity index (χ3v) is 6.80. The van der Waals surface area contributed by atoms with Crippen molar-refractivity contribution in [3.8, 4) is 0 Å². The van der Waals surface area contributed by atoms with E-state index >= 15 is 0 Å².